The summed E-state index contributed by atoms with van der Waals surface area (Å²) in [6, 6.07) is 14.1. The van der Waals surface area contributed by atoms with Crippen LogP contribution in [0, 0.1) is 0 Å². The number of rotatable bonds is 4. The molecule has 1 saturated heterocycles. The van der Waals surface area contributed by atoms with Crippen LogP contribution < -0.4 is 15.8 Å². The van der Waals surface area contributed by atoms with Gasteiger partial charge < -0.3 is 10.5 Å². The van der Waals surface area contributed by atoms with E-state index in [1.807, 2.05) is 6.07 Å². The van der Waals surface area contributed by atoms with Crippen molar-refractivity contribution in [2.75, 3.05) is 13.1 Å². The quantitative estimate of drug-likeness (QED) is 0.618. The van der Waals surface area contributed by atoms with E-state index in [0.29, 0.717) is 34.4 Å². The smallest absolute Gasteiger partial charge is 0.257 e. The Kier molecular flexibility index (Phi) is 5.85. The predicted octanol–water partition coefficient (Wildman–Crippen LogP) is 3.11. The lowest BCUT2D eigenvalue weighted by Gasteiger charge is -2.16. The highest BCUT2D eigenvalue weighted by atomic mass is 35.5. The number of carbonyl (C=O) groups is 1. The lowest BCUT2D eigenvalue weighted by molar-refractivity contribution is 0.0976. The molecular weight excluding hydrogens is 375 g/mol. The Bertz CT molecular complexity index is 814. The topological polar surface area (TPSA) is 79.9 Å². The molecule has 0 bridgehead atoms. The van der Waals surface area contributed by atoms with E-state index >= 15 is 0 Å². The van der Waals surface area contributed by atoms with Crippen molar-refractivity contribution in [1.29, 1.82) is 0 Å². The number of ether oxygens (including phenoxy) is 1. The normalized spacial score (nSPS) is 17.2. The first-order chi connectivity index (χ1) is 12.5. The fourth-order valence-electron chi connectivity index (χ4n) is 2.61. The van der Waals surface area contributed by atoms with Gasteiger partial charge in [0.2, 0.25) is 5.96 Å². The van der Waals surface area contributed by atoms with Crippen molar-refractivity contribution in [2.24, 2.45) is 10.8 Å². The number of hydrazone groups is 1. The summed E-state index contributed by atoms with van der Waals surface area (Å²) in [5, 5.41) is 9.40. The summed E-state index contributed by atoms with van der Waals surface area (Å²) in [5.74, 6) is 0.283. The largest absolute Gasteiger partial charge is 0.487 e. The first-order valence-corrected chi connectivity index (χ1v) is 8.84. The van der Waals surface area contributed by atoms with Crippen LogP contribution in [0.1, 0.15) is 16.8 Å². The van der Waals surface area contributed by atoms with Gasteiger partial charge in [-0.25, -0.2) is 0 Å². The van der Waals surface area contributed by atoms with Gasteiger partial charge in [-0.15, -0.1) is 5.10 Å². The summed E-state index contributed by atoms with van der Waals surface area (Å²) in [6.45, 7) is 1.19. The molecule has 3 rings (SSSR count). The van der Waals surface area contributed by atoms with Gasteiger partial charge in [-0.2, -0.15) is 0 Å². The standard InChI is InChI=1S/C18H18Cl2N4O2/c19-14-7-4-8-15(16(14)20)26-13-9-10-24(11-13)23-18(21)22-17(25)12-5-2-1-3-6-12/h1-8,13H,9-11H2,(H3,21,22,23,25). The number of halogens is 2. The van der Waals surface area contributed by atoms with E-state index < -0.39 is 0 Å². The van der Waals surface area contributed by atoms with Gasteiger partial charge >= 0.3 is 0 Å². The van der Waals surface area contributed by atoms with E-state index in [0.717, 1.165) is 6.42 Å². The summed E-state index contributed by atoms with van der Waals surface area (Å²) < 4.78 is 5.89. The monoisotopic (exact) mass is 392 g/mol. The average Bonchev–Trinajstić information content (AvgIpc) is 3.06. The maximum Gasteiger partial charge on any atom is 0.257 e. The van der Waals surface area contributed by atoms with E-state index in [1.54, 1.807) is 47.5 Å². The molecule has 1 unspecified atom stereocenters. The molecule has 1 aliphatic heterocycles. The molecule has 2 aromatic carbocycles. The minimum absolute atomic E-state index is 0.0419. The molecule has 0 aromatic heterocycles. The lowest BCUT2D eigenvalue weighted by Crippen LogP contribution is -2.38. The molecule has 6 nitrogen and oxygen atoms in total. The van der Waals surface area contributed by atoms with Crippen LogP contribution in [-0.2, 0) is 0 Å². The number of amides is 1. The molecular formula is C18H18Cl2N4O2. The summed E-state index contributed by atoms with van der Waals surface area (Å²) >= 11 is 12.1. The Morgan fingerprint density at radius 1 is 1.19 bits per heavy atom. The van der Waals surface area contributed by atoms with Crippen LogP contribution in [0.4, 0.5) is 0 Å². The number of benzene rings is 2. The van der Waals surface area contributed by atoms with Crippen LogP contribution in [0.25, 0.3) is 0 Å². The molecule has 1 fully saturated rings. The number of hydrogen-bond donors (Lipinski definition) is 2. The van der Waals surface area contributed by atoms with Crippen molar-refractivity contribution in [3.63, 3.8) is 0 Å². The molecule has 1 heterocycles. The van der Waals surface area contributed by atoms with Gasteiger partial charge in [0.1, 0.15) is 16.9 Å². The van der Waals surface area contributed by atoms with Crippen molar-refractivity contribution < 1.29 is 9.53 Å². The van der Waals surface area contributed by atoms with E-state index in [4.69, 9.17) is 33.7 Å². The summed E-state index contributed by atoms with van der Waals surface area (Å²) in [5.41, 5.74) is 6.35. The zero-order chi connectivity index (χ0) is 18.5. The third-order valence-electron chi connectivity index (χ3n) is 3.86. The number of nitrogens with zero attached hydrogens (tertiary/aromatic N) is 2. The SMILES string of the molecule is NC(=NN1CCC(Oc2cccc(Cl)c2Cl)C1)NC(=O)c1ccccc1. The third kappa shape index (κ3) is 4.59. The number of guanidine groups is 1. The molecule has 8 heteroatoms. The molecule has 1 aliphatic rings. The molecule has 0 radical (unpaired) electrons. The lowest BCUT2D eigenvalue weighted by atomic mass is 10.2. The van der Waals surface area contributed by atoms with Crippen LogP contribution in [0.3, 0.4) is 0 Å². The molecule has 1 atom stereocenters. The molecule has 0 spiro atoms. The molecule has 136 valence electrons. The molecule has 2 aromatic rings. The Morgan fingerprint density at radius 2 is 1.96 bits per heavy atom. The zero-order valence-electron chi connectivity index (χ0n) is 13.9. The highest BCUT2D eigenvalue weighted by Crippen LogP contribution is 2.33. The van der Waals surface area contributed by atoms with Crippen LogP contribution in [0.2, 0.25) is 10.0 Å². The highest BCUT2D eigenvalue weighted by Gasteiger charge is 2.24. The molecule has 1 amide bonds. The number of nitrogens with two attached hydrogens (primary N) is 1. The van der Waals surface area contributed by atoms with Crippen LogP contribution in [0.5, 0.6) is 5.75 Å². The van der Waals surface area contributed by atoms with E-state index in [-0.39, 0.29) is 18.0 Å². The molecule has 0 saturated carbocycles. The summed E-state index contributed by atoms with van der Waals surface area (Å²) in [4.78, 5) is 12.1. The number of hydrogen-bond acceptors (Lipinski definition) is 4. The maximum absolute atomic E-state index is 12.1. The average molecular weight is 393 g/mol. The van der Waals surface area contributed by atoms with E-state index in [2.05, 4.69) is 10.4 Å². The second kappa shape index (κ2) is 8.29. The predicted molar refractivity (Wildman–Crippen MR) is 103 cm³/mol. The Morgan fingerprint density at radius 3 is 2.73 bits per heavy atom. The van der Waals surface area contributed by atoms with Gasteiger partial charge in [-0.05, 0) is 24.3 Å². The van der Waals surface area contributed by atoms with Gasteiger partial charge in [0.15, 0.2) is 0 Å². The van der Waals surface area contributed by atoms with E-state index in [9.17, 15) is 4.79 Å². The van der Waals surface area contributed by atoms with Gasteiger partial charge in [0.05, 0.1) is 11.6 Å². The second-order valence-corrected chi connectivity index (χ2v) is 6.58. The fraction of sp³-hybridized carbons (Fsp3) is 0.222. The van der Waals surface area contributed by atoms with Gasteiger partial charge in [-0.3, -0.25) is 15.1 Å². The molecule has 26 heavy (non-hydrogen) atoms. The number of carbonyl (C=O) groups excluding carboxylic acids is 1. The van der Waals surface area contributed by atoms with Crippen molar-refractivity contribution >= 4 is 35.1 Å². The molecule has 0 aliphatic carbocycles. The minimum Gasteiger partial charge on any atom is -0.487 e. The zero-order valence-corrected chi connectivity index (χ0v) is 15.4. The maximum atomic E-state index is 12.1. The highest BCUT2D eigenvalue weighted by molar-refractivity contribution is 6.42. The molecule has 3 N–H and O–H groups in total. The van der Waals surface area contributed by atoms with Crippen molar-refractivity contribution in [3.8, 4) is 5.75 Å². The minimum atomic E-state index is -0.301. The van der Waals surface area contributed by atoms with E-state index in [1.165, 1.54) is 0 Å². The fourth-order valence-corrected chi connectivity index (χ4v) is 2.94. The number of nitrogens with one attached hydrogen (secondary N) is 1. The summed E-state index contributed by atoms with van der Waals surface area (Å²) in [7, 11) is 0. The van der Waals surface area contributed by atoms with Crippen LogP contribution in [0.15, 0.2) is 53.6 Å². The Labute approximate surface area is 161 Å². The first kappa shape index (κ1) is 18.4. The van der Waals surface area contributed by atoms with Crippen LogP contribution >= 0.6 is 23.2 Å². The van der Waals surface area contributed by atoms with Gasteiger partial charge in [-0.1, -0.05) is 47.5 Å². The van der Waals surface area contributed by atoms with Gasteiger partial charge in [0.25, 0.3) is 5.91 Å². The Balaban J connectivity index is 1.55. The van der Waals surface area contributed by atoms with Gasteiger partial charge in [0, 0.05) is 18.5 Å². The van der Waals surface area contributed by atoms with Crippen LogP contribution in [-0.4, -0.2) is 36.1 Å². The van der Waals surface area contributed by atoms with Crippen molar-refractivity contribution in [1.82, 2.24) is 10.3 Å². The Hall–Kier alpha value is -2.44. The van der Waals surface area contributed by atoms with Crippen molar-refractivity contribution in [3.05, 3.63) is 64.1 Å². The second-order valence-electron chi connectivity index (χ2n) is 5.80. The summed E-state index contributed by atoms with van der Waals surface area (Å²) in [6.07, 6.45) is 0.666. The first-order valence-electron chi connectivity index (χ1n) is 8.09. The van der Waals surface area contributed by atoms with Crippen molar-refractivity contribution in [2.45, 2.75) is 12.5 Å². The third-order valence-corrected chi connectivity index (χ3v) is 4.66.